The lowest BCUT2D eigenvalue weighted by Gasteiger charge is -2.29. The Balaban J connectivity index is 0.000000151. The molecular formula is C51H58F2N6O9. The molecule has 0 bridgehead atoms. The topological polar surface area (TPSA) is 199 Å². The number of hydrogen-bond acceptors (Lipinski definition) is 9. The fourth-order valence-electron chi connectivity index (χ4n) is 9.37. The number of carbonyl (C=O) groups excluding carboxylic acids is 9. The number of hydrogen-bond donors (Lipinski definition) is 3. The highest BCUT2D eigenvalue weighted by Crippen LogP contribution is 2.36. The molecule has 0 aliphatic carbocycles. The highest BCUT2D eigenvalue weighted by atomic mass is 19.1. The van der Waals surface area contributed by atoms with E-state index in [0.29, 0.717) is 53.6 Å². The fourth-order valence-corrected chi connectivity index (χ4v) is 9.37. The Hall–Kier alpha value is -6.65. The molecule has 9 amide bonds. The van der Waals surface area contributed by atoms with Gasteiger partial charge in [-0.05, 0) is 99.2 Å². The van der Waals surface area contributed by atoms with Crippen molar-refractivity contribution >= 4 is 53.2 Å². The number of fused-ring (bicyclic) bond motifs is 3. The highest BCUT2D eigenvalue weighted by Gasteiger charge is 2.43. The average Bonchev–Trinajstić information content (AvgIpc) is 3.85. The van der Waals surface area contributed by atoms with Crippen LogP contribution in [0.5, 0.6) is 0 Å². The molecule has 6 heterocycles. The second-order valence-corrected chi connectivity index (χ2v) is 21.3. The third-order valence-corrected chi connectivity index (χ3v) is 13.2. The minimum atomic E-state index is -0.672. The third kappa shape index (κ3) is 9.83. The van der Waals surface area contributed by atoms with Crippen LogP contribution in [0.25, 0.3) is 0 Å². The summed E-state index contributed by atoms with van der Waals surface area (Å²) in [4.78, 5) is 112. The van der Waals surface area contributed by atoms with Gasteiger partial charge in [-0.25, -0.2) is 8.78 Å². The van der Waals surface area contributed by atoms with Gasteiger partial charge in [-0.2, -0.15) is 0 Å². The molecule has 9 rings (SSSR count). The number of benzene rings is 3. The van der Waals surface area contributed by atoms with Gasteiger partial charge in [0.25, 0.3) is 17.7 Å². The monoisotopic (exact) mass is 936 g/mol. The van der Waals surface area contributed by atoms with E-state index < -0.39 is 41.6 Å². The van der Waals surface area contributed by atoms with Gasteiger partial charge in [0, 0.05) is 55.6 Å². The molecule has 0 saturated carbocycles. The van der Waals surface area contributed by atoms with Crippen LogP contribution in [-0.2, 0) is 64.6 Å². The maximum absolute atomic E-state index is 14.3. The first-order valence-electron chi connectivity index (χ1n) is 22.9. The van der Waals surface area contributed by atoms with Crippen LogP contribution in [0.1, 0.15) is 165 Å². The minimum absolute atomic E-state index is 0.0140. The molecule has 1 unspecified atom stereocenters. The lowest BCUT2D eigenvalue weighted by molar-refractivity contribution is -0.138. The fraction of sp³-hybridized carbons (Fsp3) is 0.471. The zero-order chi connectivity index (χ0) is 49.9. The number of imide groups is 3. The van der Waals surface area contributed by atoms with Gasteiger partial charge in [-0.15, -0.1) is 0 Å². The molecule has 3 N–H and O–H groups in total. The number of nitrogens with zero attached hydrogens (tertiary/aromatic N) is 3. The van der Waals surface area contributed by atoms with E-state index >= 15 is 0 Å². The SMILES string of the molecule is CC(C)(C)c1cc2c(cc1F)C(=O)N(C1CCC(=O)NC1=O)C2.CC(C)(C)c1cc2c(cc1F)C(=O)N([C@H]1CCC(=O)NC1=O)C2.CC(C)(C)c1ccc2c(c1)CN([C@H]1CCC(=O)NC1=O)C2=O. The van der Waals surface area contributed by atoms with Crippen LogP contribution in [0.2, 0.25) is 0 Å². The Bertz CT molecular complexity index is 2570. The smallest absolute Gasteiger partial charge is 0.255 e. The molecule has 15 nitrogen and oxygen atoms in total. The Kier molecular flexibility index (Phi) is 13.1. The first-order chi connectivity index (χ1) is 31.6. The molecule has 0 radical (unpaired) electrons. The third-order valence-electron chi connectivity index (χ3n) is 13.2. The minimum Gasteiger partial charge on any atom is -0.322 e. The molecule has 6 aliphatic heterocycles. The predicted octanol–water partition coefficient (Wildman–Crippen LogP) is 5.51. The van der Waals surface area contributed by atoms with E-state index in [0.717, 1.165) is 16.7 Å². The van der Waals surface area contributed by atoms with E-state index in [1.54, 1.807) is 17.0 Å². The number of piperidine rings is 3. The quantitative estimate of drug-likeness (QED) is 0.284. The van der Waals surface area contributed by atoms with Crippen LogP contribution < -0.4 is 16.0 Å². The molecule has 17 heteroatoms. The predicted molar refractivity (Wildman–Crippen MR) is 243 cm³/mol. The molecule has 68 heavy (non-hydrogen) atoms. The van der Waals surface area contributed by atoms with Crippen LogP contribution >= 0.6 is 0 Å². The van der Waals surface area contributed by atoms with Crippen LogP contribution in [0.3, 0.4) is 0 Å². The molecule has 0 spiro atoms. The summed E-state index contributed by atoms with van der Waals surface area (Å²) >= 11 is 0. The highest BCUT2D eigenvalue weighted by molar-refractivity contribution is 6.07. The molecule has 3 atom stereocenters. The van der Waals surface area contributed by atoms with Crippen LogP contribution in [0.4, 0.5) is 8.78 Å². The maximum Gasteiger partial charge on any atom is 0.255 e. The lowest BCUT2D eigenvalue weighted by Crippen LogP contribution is -2.52. The normalized spacial score (nSPS) is 21.6. The number of halogens is 2. The molecule has 3 aromatic rings. The Morgan fingerprint density at radius 1 is 0.441 bits per heavy atom. The first kappa shape index (κ1) is 49.3. The molecule has 3 saturated heterocycles. The summed E-state index contributed by atoms with van der Waals surface area (Å²) in [5, 5.41) is 6.83. The molecule has 3 aromatic carbocycles. The zero-order valence-corrected chi connectivity index (χ0v) is 39.9. The number of carbonyl (C=O) groups is 9. The van der Waals surface area contributed by atoms with Crippen molar-refractivity contribution in [1.29, 1.82) is 0 Å². The van der Waals surface area contributed by atoms with Gasteiger partial charge in [0.15, 0.2) is 0 Å². The van der Waals surface area contributed by atoms with Gasteiger partial charge >= 0.3 is 0 Å². The van der Waals surface area contributed by atoms with Gasteiger partial charge in [0.05, 0.1) is 0 Å². The summed E-state index contributed by atoms with van der Waals surface area (Å²) in [5.41, 5.74) is 5.24. The Morgan fingerprint density at radius 3 is 1.07 bits per heavy atom. The first-order valence-corrected chi connectivity index (χ1v) is 22.9. The van der Waals surface area contributed by atoms with Crippen molar-refractivity contribution in [3.8, 4) is 0 Å². The van der Waals surface area contributed by atoms with E-state index in [2.05, 4.69) is 42.8 Å². The summed E-state index contributed by atoms with van der Waals surface area (Å²) < 4.78 is 28.6. The second-order valence-electron chi connectivity index (χ2n) is 21.3. The Morgan fingerprint density at radius 2 is 0.765 bits per heavy atom. The summed E-state index contributed by atoms with van der Waals surface area (Å²) in [7, 11) is 0. The summed E-state index contributed by atoms with van der Waals surface area (Å²) in [6.07, 6.45) is 1.70. The summed E-state index contributed by atoms with van der Waals surface area (Å²) in [6, 6.07) is 9.96. The van der Waals surface area contributed by atoms with E-state index in [1.165, 1.54) is 27.5 Å². The summed E-state index contributed by atoms with van der Waals surface area (Å²) in [5.74, 6) is -3.84. The van der Waals surface area contributed by atoms with Crippen molar-refractivity contribution in [3.05, 3.63) is 104 Å². The van der Waals surface area contributed by atoms with Crippen molar-refractivity contribution in [2.75, 3.05) is 0 Å². The second kappa shape index (κ2) is 18.1. The molecular weight excluding hydrogens is 879 g/mol. The maximum atomic E-state index is 14.3. The lowest BCUT2D eigenvalue weighted by atomic mass is 9.85. The van der Waals surface area contributed by atoms with E-state index in [1.807, 2.05) is 53.7 Å². The van der Waals surface area contributed by atoms with Gasteiger partial charge in [0.1, 0.15) is 29.8 Å². The van der Waals surface area contributed by atoms with Crippen LogP contribution in [-0.4, -0.2) is 86.0 Å². The van der Waals surface area contributed by atoms with E-state index in [-0.39, 0.29) is 89.9 Å². The van der Waals surface area contributed by atoms with Gasteiger partial charge in [-0.1, -0.05) is 74.4 Å². The number of nitrogens with one attached hydrogen (secondary N) is 3. The standard InChI is InChI=1S/2C17H19FN2O3.C17H20N2O3/c2*1-17(2,3)11-6-9-8-20(16(23)10(9)7-12(11)18)13-4-5-14(21)19-15(13)22;1-17(2,3)11-4-5-12-10(8-11)9-19(16(12)22)13-6-7-14(20)18-15(13)21/h2*6-7,13H,4-5,8H2,1-3H3,(H,19,21,22);4-5,8,13H,6-7,9H2,1-3H3,(H,18,20,21)/t13-;;13-/m0.0/s1. The van der Waals surface area contributed by atoms with Crippen molar-refractivity contribution in [3.63, 3.8) is 0 Å². The largest absolute Gasteiger partial charge is 0.322 e. The molecule has 6 aliphatic rings. The van der Waals surface area contributed by atoms with E-state index in [4.69, 9.17) is 0 Å². The van der Waals surface area contributed by atoms with Crippen molar-refractivity contribution < 1.29 is 51.9 Å². The van der Waals surface area contributed by atoms with Crippen LogP contribution in [0.15, 0.2) is 42.5 Å². The molecule has 360 valence electrons. The van der Waals surface area contributed by atoms with Crippen molar-refractivity contribution in [2.24, 2.45) is 0 Å². The van der Waals surface area contributed by atoms with Gasteiger partial charge < -0.3 is 14.7 Å². The van der Waals surface area contributed by atoms with Gasteiger partial charge in [0.2, 0.25) is 35.4 Å². The number of amides is 9. The molecule has 0 aromatic heterocycles. The van der Waals surface area contributed by atoms with Gasteiger partial charge in [-0.3, -0.25) is 59.1 Å². The zero-order valence-electron chi connectivity index (χ0n) is 39.9. The number of rotatable bonds is 3. The van der Waals surface area contributed by atoms with Crippen molar-refractivity contribution in [1.82, 2.24) is 30.7 Å². The van der Waals surface area contributed by atoms with E-state index in [9.17, 15) is 51.9 Å². The van der Waals surface area contributed by atoms with Crippen LogP contribution in [0, 0.1) is 11.6 Å². The van der Waals surface area contributed by atoms with Crippen molar-refractivity contribution in [2.45, 2.75) is 155 Å². The Labute approximate surface area is 393 Å². The molecule has 3 fully saturated rings. The summed E-state index contributed by atoms with van der Waals surface area (Å²) in [6.45, 7) is 18.8. The average molecular weight is 937 g/mol.